The van der Waals surface area contributed by atoms with Gasteiger partial charge >= 0.3 is 11.9 Å². The molecule has 0 radical (unpaired) electrons. The van der Waals surface area contributed by atoms with E-state index in [1.165, 1.54) is 0 Å². The molecular weight excluding hydrogens is 831 g/mol. The van der Waals surface area contributed by atoms with Crippen molar-refractivity contribution < 1.29 is 53.4 Å². The highest BCUT2D eigenvalue weighted by Gasteiger charge is 2.35. The van der Waals surface area contributed by atoms with Crippen molar-refractivity contribution in [3.63, 3.8) is 0 Å². The Morgan fingerprint density at radius 1 is 0.672 bits per heavy atom. The molecule has 0 aliphatic carbocycles. The van der Waals surface area contributed by atoms with Gasteiger partial charge in [0.05, 0.1) is 6.04 Å². The second-order valence-corrected chi connectivity index (χ2v) is 16.1. The average molecular weight is 896 g/mol. The summed E-state index contributed by atoms with van der Waals surface area (Å²) in [6.45, 7) is 0.0243. The van der Waals surface area contributed by atoms with Gasteiger partial charge in [-0.3, -0.25) is 43.3 Å². The van der Waals surface area contributed by atoms with Crippen LogP contribution in [0.15, 0.2) is 30.3 Å². The Morgan fingerprint density at radius 2 is 1.30 bits per heavy atom. The number of carboxylic acids is 2. The van der Waals surface area contributed by atoms with E-state index in [1.807, 2.05) is 25.1 Å². The number of hydrogen-bond acceptors (Lipinski definition) is 12. The lowest BCUT2D eigenvalue weighted by Crippen LogP contribution is -2.55. The summed E-state index contributed by atoms with van der Waals surface area (Å²) in [4.78, 5) is 115. The molecule has 1 aliphatic heterocycles. The molecule has 0 saturated heterocycles. The van der Waals surface area contributed by atoms with Gasteiger partial charge < -0.3 is 53.2 Å². The lowest BCUT2D eigenvalue weighted by molar-refractivity contribution is -0.142. The first-order valence-electron chi connectivity index (χ1n) is 21.9. The van der Waals surface area contributed by atoms with Crippen molar-refractivity contribution in [3.8, 4) is 0 Å². The molecule has 0 saturated carbocycles. The van der Waals surface area contributed by atoms with Crippen LogP contribution in [0.1, 0.15) is 117 Å². The van der Waals surface area contributed by atoms with Crippen molar-refractivity contribution in [3.05, 3.63) is 41.5 Å². The molecule has 1 heterocycles. The first-order valence-corrected chi connectivity index (χ1v) is 21.9. The summed E-state index contributed by atoms with van der Waals surface area (Å²) in [6.07, 6.45) is 7.55. The van der Waals surface area contributed by atoms with Crippen LogP contribution in [-0.2, 0) is 33.6 Å². The second kappa shape index (κ2) is 27.1. The summed E-state index contributed by atoms with van der Waals surface area (Å²) in [7, 11) is 3.70. The van der Waals surface area contributed by atoms with E-state index in [-0.39, 0.29) is 70.1 Å². The van der Waals surface area contributed by atoms with E-state index in [2.05, 4.69) is 26.6 Å². The monoisotopic (exact) mass is 895 g/mol. The highest BCUT2D eigenvalue weighted by atomic mass is 16.4. The van der Waals surface area contributed by atoms with Gasteiger partial charge in [0.1, 0.15) is 12.1 Å². The maximum absolute atomic E-state index is 13.8. The van der Waals surface area contributed by atoms with E-state index < -0.39 is 59.6 Å². The fourth-order valence-corrected chi connectivity index (χ4v) is 7.29. The third kappa shape index (κ3) is 17.2. The fraction of sp³-hybridized carbons (Fsp3) is 0.568. The molecule has 7 amide bonds. The van der Waals surface area contributed by atoms with Crippen LogP contribution in [0.2, 0.25) is 0 Å². The minimum absolute atomic E-state index is 0.00510. The molecule has 0 fully saturated rings. The minimum Gasteiger partial charge on any atom is -0.481 e. The van der Waals surface area contributed by atoms with Gasteiger partial charge in [-0.25, -0.2) is 4.79 Å². The number of carboxylic acid groups (broad SMARTS) is 2. The molecule has 2 aromatic carbocycles. The summed E-state index contributed by atoms with van der Waals surface area (Å²) in [6, 6.07) is 4.66. The largest absolute Gasteiger partial charge is 0.481 e. The van der Waals surface area contributed by atoms with Crippen LogP contribution < -0.4 is 43.0 Å². The summed E-state index contributed by atoms with van der Waals surface area (Å²) >= 11 is 0. The molecule has 3 atom stereocenters. The van der Waals surface area contributed by atoms with Crippen molar-refractivity contribution in [2.24, 2.45) is 11.5 Å². The lowest BCUT2D eigenvalue weighted by atomic mass is 9.92. The van der Waals surface area contributed by atoms with Gasteiger partial charge in [-0.05, 0) is 50.3 Å². The molecule has 2 aromatic rings. The Kier molecular flexibility index (Phi) is 22.1. The summed E-state index contributed by atoms with van der Waals surface area (Å²) in [5, 5.41) is 33.0. The van der Waals surface area contributed by atoms with Crippen LogP contribution in [0.4, 0.5) is 5.69 Å². The highest BCUT2D eigenvalue weighted by molar-refractivity contribution is 6.26. The standard InChI is InChI=1S/C44H65N9O11/c1-52(2)34-20-19-30-39-28(34)13-11-14-29(39)42(61)53(43(30)62)26-22-32(41(60)49-23-21-33(44(63)64)50-37(56)17-12-18-38(57)58)51-40(59)31(45)27-47-24-25-48-36(55)16-10-8-6-4-3-5-7-9-15-35(46)54/h11,13-14,19-20,31-33,47H,3-10,12,15-18,21-27,45H2,1-2H3,(H2,46,54)(H,48,55)(H,49,60)(H,50,56)(H,51,59)(H,57,58)(H,63,64)/t31-,32+,33+/m0/s1. The number of benzene rings is 2. The fourth-order valence-electron chi connectivity index (χ4n) is 7.29. The Hall–Kier alpha value is -6.15. The van der Waals surface area contributed by atoms with Crippen molar-refractivity contribution >= 4 is 69.7 Å². The first-order chi connectivity index (χ1) is 30.5. The molecule has 352 valence electrons. The number of aliphatic carboxylic acids is 2. The molecule has 0 unspecified atom stereocenters. The minimum atomic E-state index is -1.41. The summed E-state index contributed by atoms with van der Waals surface area (Å²) in [5.41, 5.74) is 12.7. The van der Waals surface area contributed by atoms with Gasteiger partial charge in [-0.2, -0.15) is 0 Å². The predicted molar refractivity (Wildman–Crippen MR) is 238 cm³/mol. The first kappa shape index (κ1) is 52.2. The maximum atomic E-state index is 13.8. The Morgan fingerprint density at radius 3 is 1.92 bits per heavy atom. The molecular formula is C44H65N9O11. The van der Waals surface area contributed by atoms with Crippen LogP contribution in [0, 0.1) is 0 Å². The molecule has 20 heteroatoms. The quantitative estimate of drug-likeness (QED) is 0.0368. The van der Waals surface area contributed by atoms with E-state index >= 15 is 0 Å². The number of carbonyl (C=O) groups is 9. The van der Waals surface area contributed by atoms with E-state index in [1.54, 1.807) is 24.3 Å². The molecule has 0 spiro atoms. The van der Waals surface area contributed by atoms with Gasteiger partial charge in [-0.15, -0.1) is 0 Å². The summed E-state index contributed by atoms with van der Waals surface area (Å²) in [5.74, 6) is -6.19. The third-order valence-corrected chi connectivity index (χ3v) is 10.8. The van der Waals surface area contributed by atoms with E-state index in [0.717, 1.165) is 67.3 Å². The maximum Gasteiger partial charge on any atom is 0.326 e. The van der Waals surface area contributed by atoms with Gasteiger partial charge in [0.25, 0.3) is 11.8 Å². The predicted octanol–water partition coefficient (Wildman–Crippen LogP) is 1.13. The zero-order chi connectivity index (χ0) is 47.2. The number of hydrogen-bond donors (Lipinski definition) is 9. The molecule has 64 heavy (non-hydrogen) atoms. The van der Waals surface area contributed by atoms with Crippen molar-refractivity contribution in [1.82, 2.24) is 31.5 Å². The Bertz CT molecular complexity index is 1950. The number of anilines is 1. The zero-order valence-corrected chi connectivity index (χ0v) is 36.9. The zero-order valence-electron chi connectivity index (χ0n) is 36.9. The van der Waals surface area contributed by atoms with Crippen LogP contribution in [0.5, 0.6) is 0 Å². The molecule has 20 nitrogen and oxygen atoms in total. The molecule has 3 rings (SSSR count). The van der Waals surface area contributed by atoms with E-state index in [4.69, 9.17) is 16.6 Å². The van der Waals surface area contributed by atoms with E-state index in [0.29, 0.717) is 35.9 Å². The molecule has 11 N–H and O–H groups in total. The number of carbonyl (C=O) groups excluding carboxylic acids is 7. The third-order valence-electron chi connectivity index (χ3n) is 10.8. The smallest absolute Gasteiger partial charge is 0.326 e. The number of unbranched alkanes of at least 4 members (excludes halogenated alkanes) is 7. The number of imide groups is 1. The molecule has 0 aromatic heterocycles. The van der Waals surface area contributed by atoms with Crippen molar-refractivity contribution in [2.45, 2.75) is 114 Å². The Balaban J connectivity index is 1.55. The Labute approximate surface area is 373 Å². The van der Waals surface area contributed by atoms with Gasteiger partial charge in [0.2, 0.25) is 29.5 Å². The van der Waals surface area contributed by atoms with Crippen LogP contribution in [0.25, 0.3) is 10.8 Å². The normalized spacial score (nSPS) is 13.5. The lowest BCUT2D eigenvalue weighted by Gasteiger charge is -2.30. The van der Waals surface area contributed by atoms with E-state index in [9.17, 15) is 48.3 Å². The number of rotatable bonds is 32. The SMILES string of the molecule is CN(C)c1ccc2c3c(cccc13)C(=O)N(CC[C@@H](NC(=O)[C@@H](N)CNCCNC(=O)CCCCCCCCCCC(N)=O)C(=O)NCC[C@@H](NC(=O)CCCC(=O)O)C(=O)O)C2=O. The summed E-state index contributed by atoms with van der Waals surface area (Å²) < 4.78 is 0. The molecule has 1 aliphatic rings. The number of nitrogens with two attached hydrogens (primary N) is 2. The molecule has 0 bridgehead atoms. The van der Waals surface area contributed by atoms with Crippen LogP contribution in [0.3, 0.4) is 0 Å². The number of nitrogens with zero attached hydrogens (tertiary/aromatic N) is 2. The van der Waals surface area contributed by atoms with Gasteiger partial charge in [-0.1, -0.05) is 50.7 Å². The van der Waals surface area contributed by atoms with Crippen LogP contribution in [-0.4, -0.2) is 133 Å². The highest BCUT2D eigenvalue weighted by Crippen LogP contribution is 2.35. The van der Waals surface area contributed by atoms with Crippen molar-refractivity contribution in [1.29, 1.82) is 0 Å². The topological polar surface area (TPSA) is 313 Å². The number of nitrogens with one attached hydrogen (secondary N) is 5. The number of amides is 7. The number of primary amides is 1. The van der Waals surface area contributed by atoms with Crippen molar-refractivity contribution in [2.75, 3.05) is 51.7 Å². The van der Waals surface area contributed by atoms with Crippen LogP contribution >= 0.6 is 0 Å². The average Bonchev–Trinajstić information content (AvgIpc) is 3.24. The second-order valence-electron chi connectivity index (χ2n) is 16.1. The van der Waals surface area contributed by atoms with Gasteiger partial charge in [0.15, 0.2) is 0 Å². The van der Waals surface area contributed by atoms with Gasteiger partial charge in [0, 0.05) is 100 Å².